The Morgan fingerprint density at radius 2 is 1.85 bits per heavy atom. The van der Waals surface area contributed by atoms with Crippen LogP contribution < -0.4 is 15.4 Å². The topological polar surface area (TPSA) is 103 Å². The normalized spacial score (nSPS) is 10.9. The molecule has 0 atom stereocenters. The van der Waals surface area contributed by atoms with Gasteiger partial charge in [0.05, 0.1) is 31.1 Å². The average molecular weight is 450 g/mol. The zero-order chi connectivity index (χ0) is 23.4. The van der Waals surface area contributed by atoms with Crippen molar-refractivity contribution >= 4 is 40.0 Å². The number of nitrogens with zero attached hydrogens (tertiary/aromatic N) is 4. The molecular formula is C23H23FN6O3. The van der Waals surface area contributed by atoms with E-state index in [1.165, 1.54) is 11.8 Å². The van der Waals surface area contributed by atoms with E-state index in [1.807, 2.05) is 44.2 Å². The van der Waals surface area contributed by atoms with E-state index < -0.39 is 11.8 Å². The minimum absolute atomic E-state index is 0.00523. The van der Waals surface area contributed by atoms with Gasteiger partial charge in [-0.05, 0) is 56.3 Å². The van der Waals surface area contributed by atoms with Gasteiger partial charge < -0.3 is 20.1 Å². The highest BCUT2D eigenvalue weighted by atomic mass is 19.1. The van der Waals surface area contributed by atoms with E-state index >= 15 is 0 Å². The summed E-state index contributed by atoms with van der Waals surface area (Å²) < 4.78 is 26.3. The standard InChI is InChI=1S/C23H23FN6O3/c1-14(2)33-18-8-6-16(7-9-18)28-23-25-12-19(24)22(29-23)27-17-5-4-15-11-26-30(20(15)10-17)13-21(31)32-3/h4-12,14H,13H2,1-3H3,(H2,25,27,28,29). The smallest absolute Gasteiger partial charge is 0.327 e. The number of methoxy groups -OCH3 is 1. The molecule has 33 heavy (non-hydrogen) atoms. The molecule has 9 nitrogen and oxygen atoms in total. The van der Waals surface area contributed by atoms with Gasteiger partial charge in [0.15, 0.2) is 11.6 Å². The lowest BCUT2D eigenvalue weighted by Crippen LogP contribution is -2.12. The molecule has 0 aliphatic carbocycles. The molecule has 0 bridgehead atoms. The molecule has 2 aromatic heterocycles. The minimum atomic E-state index is -0.607. The number of esters is 1. The lowest BCUT2D eigenvalue weighted by Gasteiger charge is -2.12. The van der Waals surface area contributed by atoms with Crippen molar-refractivity contribution < 1.29 is 18.7 Å². The summed E-state index contributed by atoms with van der Waals surface area (Å²) in [5, 5.41) is 11.0. The van der Waals surface area contributed by atoms with E-state index in [0.29, 0.717) is 11.2 Å². The number of hydrogen-bond donors (Lipinski definition) is 2. The zero-order valence-corrected chi connectivity index (χ0v) is 18.4. The van der Waals surface area contributed by atoms with Crippen molar-refractivity contribution in [1.82, 2.24) is 19.7 Å². The molecule has 0 fully saturated rings. The maximum absolute atomic E-state index is 14.4. The third-order valence-electron chi connectivity index (χ3n) is 4.64. The van der Waals surface area contributed by atoms with Crippen molar-refractivity contribution in [2.75, 3.05) is 17.7 Å². The van der Waals surface area contributed by atoms with Crippen LogP contribution in [-0.2, 0) is 16.1 Å². The van der Waals surface area contributed by atoms with Gasteiger partial charge in [0.25, 0.3) is 0 Å². The quantitative estimate of drug-likeness (QED) is 0.381. The van der Waals surface area contributed by atoms with Crippen LogP contribution in [0.5, 0.6) is 5.75 Å². The number of rotatable bonds is 8. The lowest BCUT2D eigenvalue weighted by molar-refractivity contribution is -0.141. The molecular weight excluding hydrogens is 427 g/mol. The molecule has 4 rings (SSSR count). The molecule has 0 unspecified atom stereocenters. The first kappa shape index (κ1) is 22.0. The number of carbonyl (C=O) groups excluding carboxylic acids is 1. The maximum Gasteiger partial charge on any atom is 0.327 e. The molecule has 2 N–H and O–H groups in total. The van der Waals surface area contributed by atoms with Crippen molar-refractivity contribution in [3.8, 4) is 5.75 Å². The first-order valence-corrected chi connectivity index (χ1v) is 10.3. The fourth-order valence-electron chi connectivity index (χ4n) is 3.13. The van der Waals surface area contributed by atoms with Gasteiger partial charge in [-0.1, -0.05) is 0 Å². The van der Waals surface area contributed by atoms with Crippen LogP contribution in [0.3, 0.4) is 0 Å². The van der Waals surface area contributed by atoms with E-state index in [9.17, 15) is 9.18 Å². The van der Waals surface area contributed by atoms with Gasteiger partial charge in [0.1, 0.15) is 12.3 Å². The SMILES string of the molecule is COC(=O)Cn1ncc2ccc(Nc3nc(Nc4ccc(OC(C)C)cc4)ncc3F)cc21. The van der Waals surface area contributed by atoms with Crippen molar-refractivity contribution in [3.63, 3.8) is 0 Å². The molecule has 0 aliphatic heterocycles. The molecule has 0 aliphatic rings. The minimum Gasteiger partial charge on any atom is -0.491 e. The predicted octanol–water partition coefficient (Wildman–Crippen LogP) is 4.41. The highest BCUT2D eigenvalue weighted by Gasteiger charge is 2.11. The summed E-state index contributed by atoms with van der Waals surface area (Å²) in [5.41, 5.74) is 2.01. The Morgan fingerprint density at radius 1 is 1.09 bits per heavy atom. The van der Waals surface area contributed by atoms with Crippen molar-refractivity contribution in [2.24, 2.45) is 0 Å². The number of nitrogens with one attached hydrogen (secondary N) is 2. The third-order valence-corrected chi connectivity index (χ3v) is 4.64. The summed E-state index contributed by atoms with van der Waals surface area (Å²) >= 11 is 0. The van der Waals surface area contributed by atoms with E-state index in [-0.39, 0.29) is 24.4 Å². The molecule has 0 saturated heterocycles. The van der Waals surface area contributed by atoms with Crippen LogP contribution in [0.25, 0.3) is 10.9 Å². The van der Waals surface area contributed by atoms with Crippen LogP contribution in [0, 0.1) is 5.82 Å². The average Bonchev–Trinajstić information content (AvgIpc) is 3.19. The van der Waals surface area contributed by atoms with E-state index in [4.69, 9.17) is 9.47 Å². The fourth-order valence-corrected chi connectivity index (χ4v) is 3.13. The largest absolute Gasteiger partial charge is 0.491 e. The highest BCUT2D eigenvalue weighted by Crippen LogP contribution is 2.25. The van der Waals surface area contributed by atoms with Gasteiger partial charge >= 0.3 is 5.97 Å². The lowest BCUT2D eigenvalue weighted by atomic mass is 10.2. The zero-order valence-electron chi connectivity index (χ0n) is 18.4. The summed E-state index contributed by atoms with van der Waals surface area (Å²) in [6, 6.07) is 12.7. The van der Waals surface area contributed by atoms with Gasteiger partial charge in [0.2, 0.25) is 5.95 Å². The van der Waals surface area contributed by atoms with Gasteiger partial charge in [0, 0.05) is 16.8 Å². The Bertz CT molecular complexity index is 1270. The fraction of sp³-hybridized carbons (Fsp3) is 0.217. The van der Waals surface area contributed by atoms with E-state index in [1.54, 1.807) is 18.3 Å². The Labute approximate surface area is 189 Å². The number of halogens is 1. The van der Waals surface area contributed by atoms with Crippen molar-refractivity contribution in [2.45, 2.75) is 26.5 Å². The third kappa shape index (κ3) is 5.35. The number of fused-ring (bicyclic) bond motifs is 1. The van der Waals surface area contributed by atoms with Crippen molar-refractivity contribution in [3.05, 3.63) is 60.7 Å². The van der Waals surface area contributed by atoms with Crippen molar-refractivity contribution in [1.29, 1.82) is 0 Å². The number of ether oxygens (including phenoxy) is 2. The van der Waals surface area contributed by atoms with Gasteiger partial charge in [-0.15, -0.1) is 0 Å². The van der Waals surface area contributed by atoms with Crippen LogP contribution in [0.4, 0.5) is 27.5 Å². The number of aromatic nitrogens is 4. The summed E-state index contributed by atoms with van der Waals surface area (Å²) in [5.74, 6) is -0.0391. The first-order chi connectivity index (χ1) is 15.9. The van der Waals surface area contributed by atoms with Crippen LogP contribution in [0.2, 0.25) is 0 Å². The Morgan fingerprint density at radius 3 is 2.58 bits per heavy atom. The number of hydrogen-bond acceptors (Lipinski definition) is 8. The molecule has 2 aromatic carbocycles. The number of benzene rings is 2. The second kappa shape index (κ2) is 9.51. The monoisotopic (exact) mass is 450 g/mol. The van der Waals surface area contributed by atoms with E-state index in [0.717, 1.165) is 23.0 Å². The molecule has 170 valence electrons. The Balaban J connectivity index is 1.52. The maximum atomic E-state index is 14.4. The van der Waals surface area contributed by atoms with Crippen LogP contribution >= 0.6 is 0 Å². The second-order valence-electron chi connectivity index (χ2n) is 7.48. The summed E-state index contributed by atoms with van der Waals surface area (Å²) in [6.07, 6.45) is 2.82. The Kier molecular flexibility index (Phi) is 6.34. The van der Waals surface area contributed by atoms with E-state index in [2.05, 4.69) is 25.7 Å². The van der Waals surface area contributed by atoms with Crippen LogP contribution in [0.1, 0.15) is 13.8 Å². The molecule has 2 heterocycles. The van der Waals surface area contributed by atoms with Gasteiger partial charge in [-0.3, -0.25) is 9.48 Å². The highest BCUT2D eigenvalue weighted by molar-refractivity contribution is 5.84. The molecule has 0 spiro atoms. The van der Waals surface area contributed by atoms with Crippen LogP contribution in [-0.4, -0.2) is 38.9 Å². The Hall–Kier alpha value is -4.21. The van der Waals surface area contributed by atoms with Crippen LogP contribution in [0.15, 0.2) is 54.9 Å². The van der Waals surface area contributed by atoms with Gasteiger partial charge in [-0.2, -0.15) is 10.1 Å². The second-order valence-corrected chi connectivity index (χ2v) is 7.48. The number of carbonyl (C=O) groups is 1. The molecule has 0 radical (unpaired) electrons. The summed E-state index contributed by atoms with van der Waals surface area (Å²) in [4.78, 5) is 19.9. The molecule has 4 aromatic rings. The number of anilines is 4. The molecule has 0 amide bonds. The molecule has 10 heteroatoms. The predicted molar refractivity (Wildman–Crippen MR) is 123 cm³/mol. The summed E-state index contributed by atoms with van der Waals surface area (Å²) in [7, 11) is 1.32. The van der Waals surface area contributed by atoms with Gasteiger partial charge in [-0.25, -0.2) is 9.37 Å². The first-order valence-electron chi connectivity index (χ1n) is 10.3. The summed E-state index contributed by atoms with van der Waals surface area (Å²) in [6.45, 7) is 3.88. The molecule has 0 saturated carbocycles.